The van der Waals surface area contributed by atoms with Crippen molar-refractivity contribution < 1.29 is 9.53 Å². The summed E-state index contributed by atoms with van der Waals surface area (Å²) in [7, 11) is 1.67. The molecule has 4 nitrogen and oxygen atoms in total. The standard InChI is InChI=1S/C8H18N2O2S/c1-8(10,7(9)11)6-13-5-3-4-12-2/h3-6,10H2,1-2H3,(H2,9,11). The molecule has 4 N–H and O–H groups in total. The number of hydrogen-bond donors (Lipinski definition) is 2. The number of amides is 1. The maximum absolute atomic E-state index is 10.8. The SMILES string of the molecule is COCCCSCC(C)(N)C(N)=O. The van der Waals surface area contributed by atoms with Crippen LogP contribution in [0.5, 0.6) is 0 Å². The first-order chi connectivity index (χ1) is 6.00. The van der Waals surface area contributed by atoms with Crippen molar-refractivity contribution in [2.75, 3.05) is 25.2 Å². The average Bonchev–Trinajstić information content (AvgIpc) is 2.03. The number of methoxy groups -OCH3 is 1. The molecule has 0 radical (unpaired) electrons. The van der Waals surface area contributed by atoms with Gasteiger partial charge in [-0.25, -0.2) is 0 Å². The van der Waals surface area contributed by atoms with E-state index in [2.05, 4.69) is 0 Å². The lowest BCUT2D eigenvalue weighted by Crippen LogP contribution is -2.51. The Morgan fingerprint density at radius 2 is 2.23 bits per heavy atom. The molecule has 0 fully saturated rings. The van der Waals surface area contributed by atoms with E-state index in [4.69, 9.17) is 16.2 Å². The van der Waals surface area contributed by atoms with Gasteiger partial charge in [0.05, 0.1) is 0 Å². The van der Waals surface area contributed by atoms with Gasteiger partial charge in [-0.2, -0.15) is 11.8 Å². The third-order valence-electron chi connectivity index (χ3n) is 1.60. The maximum Gasteiger partial charge on any atom is 0.238 e. The largest absolute Gasteiger partial charge is 0.385 e. The highest BCUT2D eigenvalue weighted by Gasteiger charge is 2.24. The van der Waals surface area contributed by atoms with Crippen molar-refractivity contribution in [1.82, 2.24) is 0 Å². The van der Waals surface area contributed by atoms with Gasteiger partial charge in [0.15, 0.2) is 0 Å². The van der Waals surface area contributed by atoms with Gasteiger partial charge in [-0.3, -0.25) is 4.79 Å². The summed E-state index contributed by atoms with van der Waals surface area (Å²) < 4.78 is 4.89. The van der Waals surface area contributed by atoms with Gasteiger partial charge >= 0.3 is 0 Å². The molecule has 0 saturated heterocycles. The van der Waals surface area contributed by atoms with Crippen LogP contribution in [0.4, 0.5) is 0 Å². The van der Waals surface area contributed by atoms with E-state index in [1.165, 1.54) is 0 Å². The molecule has 0 saturated carbocycles. The lowest BCUT2D eigenvalue weighted by molar-refractivity contribution is -0.121. The van der Waals surface area contributed by atoms with Gasteiger partial charge < -0.3 is 16.2 Å². The normalized spacial score (nSPS) is 15.3. The molecular weight excluding hydrogens is 188 g/mol. The molecule has 1 amide bonds. The molecular formula is C8H18N2O2S. The quantitative estimate of drug-likeness (QED) is 0.573. The van der Waals surface area contributed by atoms with Crippen LogP contribution in [0.2, 0.25) is 0 Å². The Labute approximate surface area is 83.4 Å². The van der Waals surface area contributed by atoms with Gasteiger partial charge in [0, 0.05) is 19.5 Å². The molecule has 0 rings (SSSR count). The first-order valence-electron chi connectivity index (χ1n) is 4.16. The number of rotatable bonds is 7. The molecule has 0 aliphatic carbocycles. The number of nitrogens with two attached hydrogens (primary N) is 2. The first kappa shape index (κ1) is 12.7. The zero-order chi connectivity index (χ0) is 10.3. The van der Waals surface area contributed by atoms with Gasteiger partial charge in [-0.15, -0.1) is 0 Å². The summed E-state index contributed by atoms with van der Waals surface area (Å²) in [6.45, 7) is 2.39. The van der Waals surface area contributed by atoms with Gasteiger partial charge in [-0.1, -0.05) is 0 Å². The predicted molar refractivity (Wildman–Crippen MR) is 55.6 cm³/mol. The van der Waals surface area contributed by atoms with Crippen LogP contribution in [0.25, 0.3) is 0 Å². The summed E-state index contributed by atoms with van der Waals surface area (Å²) >= 11 is 1.62. The molecule has 13 heavy (non-hydrogen) atoms. The third kappa shape index (κ3) is 5.90. The van der Waals surface area contributed by atoms with E-state index in [0.29, 0.717) is 5.75 Å². The molecule has 78 valence electrons. The van der Waals surface area contributed by atoms with Crippen LogP contribution in [0, 0.1) is 0 Å². The van der Waals surface area contributed by atoms with Crippen LogP contribution in [-0.4, -0.2) is 36.7 Å². The zero-order valence-corrected chi connectivity index (χ0v) is 9.02. The molecule has 0 aliphatic rings. The smallest absolute Gasteiger partial charge is 0.238 e. The Bertz CT molecular complexity index is 162. The van der Waals surface area contributed by atoms with Crippen molar-refractivity contribution in [3.63, 3.8) is 0 Å². The Balaban J connectivity index is 3.46. The van der Waals surface area contributed by atoms with Crippen LogP contribution in [0.3, 0.4) is 0 Å². The van der Waals surface area contributed by atoms with Crippen LogP contribution in [-0.2, 0) is 9.53 Å². The fourth-order valence-corrected chi connectivity index (χ4v) is 1.69. The molecule has 0 spiro atoms. The molecule has 1 atom stereocenters. The average molecular weight is 206 g/mol. The molecule has 5 heteroatoms. The van der Waals surface area contributed by atoms with Gasteiger partial charge in [-0.05, 0) is 19.1 Å². The highest BCUT2D eigenvalue weighted by Crippen LogP contribution is 2.11. The molecule has 0 bridgehead atoms. The number of thioether (sulfide) groups is 1. The molecule has 1 unspecified atom stereocenters. The summed E-state index contributed by atoms with van der Waals surface area (Å²) in [5, 5.41) is 0. The van der Waals surface area contributed by atoms with Crippen molar-refractivity contribution in [1.29, 1.82) is 0 Å². The van der Waals surface area contributed by atoms with Crippen LogP contribution >= 0.6 is 11.8 Å². The topological polar surface area (TPSA) is 78.3 Å². The molecule has 0 heterocycles. The van der Waals surface area contributed by atoms with Crippen molar-refractivity contribution in [3.05, 3.63) is 0 Å². The minimum absolute atomic E-state index is 0.452. The molecule has 0 aromatic carbocycles. The molecule has 0 aromatic rings. The van der Waals surface area contributed by atoms with Crippen molar-refractivity contribution in [2.24, 2.45) is 11.5 Å². The number of hydrogen-bond acceptors (Lipinski definition) is 4. The Morgan fingerprint density at radius 1 is 1.62 bits per heavy atom. The summed E-state index contributed by atoms with van der Waals surface area (Å²) in [5.41, 5.74) is 9.87. The van der Waals surface area contributed by atoms with E-state index < -0.39 is 11.4 Å². The summed E-state index contributed by atoms with van der Waals surface area (Å²) in [4.78, 5) is 10.8. The van der Waals surface area contributed by atoms with Crippen molar-refractivity contribution in [3.8, 4) is 0 Å². The van der Waals surface area contributed by atoms with Crippen LogP contribution in [0.15, 0.2) is 0 Å². The lowest BCUT2D eigenvalue weighted by atomic mass is 10.1. The van der Waals surface area contributed by atoms with Crippen LogP contribution in [0.1, 0.15) is 13.3 Å². The lowest BCUT2D eigenvalue weighted by Gasteiger charge is -2.19. The second-order valence-electron chi connectivity index (χ2n) is 3.18. The highest BCUT2D eigenvalue weighted by molar-refractivity contribution is 7.99. The van der Waals surface area contributed by atoms with E-state index in [1.54, 1.807) is 25.8 Å². The molecule has 0 aromatic heterocycles. The van der Waals surface area contributed by atoms with Gasteiger partial charge in [0.1, 0.15) is 5.54 Å². The predicted octanol–water partition coefficient (Wildman–Crippen LogP) is -0.0412. The van der Waals surface area contributed by atoms with E-state index in [0.717, 1.165) is 18.8 Å². The number of primary amides is 1. The Morgan fingerprint density at radius 3 is 2.69 bits per heavy atom. The fraction of sp³-hybridized carbons (Fsp3) is 0.875. The van der Waals surface area contributed by atoms with E-state index >= 15 is 0 Å². The van der Waals surface area contributed by atoms with E-state index in [9.17, 15) is 4.79 Å². The maximum atomic E-state index is 10.8. The number of carbonyl (C=O) groups excluding carboxylic acids is 1. The van der Waals surface area contributed by atoms with Gasteiger partial charge in [0.25, 0.3) is 0 Å². The fourth-order valence-electron chi connectivity index (χ4n) is 0.661. The van der Waals surface area contributed by atoms with E-state index in [1.807, 2.05) is 0 Å². The summed E-state index contributed by atoms with van der Waals surface area (Å²) in [6, 6.07) is 0. The van der Waals surface area contributed by atoms with E-state index in [-0.39, 0.29) is 0 Å². The highest BCUT2D eigenvalue weighted by atomic mass is 32.2. The van der Waals surface area contributed by atoms with Crippen molar-refractivity contribution in [2.45, 2.75) is 18.9 Å². The second-order valence-corrected chi connectivity index (χ2v) is 4.29. The molecule has 0 aliphatic heterocycles. The number of ether oxygens (including phenoxy) is 1. The van der Waals surface area contributed by atoms with Crippen molar-refractivity contribution >= 4 is 17.7 Å². The first-order valence-corrected chi connectivity index (χ1v) is 5.31. The summed E-state index contributed by atoms with van der Waals surface area (Å²) in [5.74, 6) is 1.05. The minimum Gasteiger partial charge on any atom is -0.385 e. The third-order valence-corrected chi connectivity index (χ3v) is 2.98. The monoisotopic (exact) mass is 206 g/mol. The Hall–Kier alpha value is -0.260. The van der Waals surface area contributed by atoms with Gasteiger partial charge in [0.2, 0.25) is 5.91 Å². The second kappa shape index (κ2) is 6.23. The number of carbonyl (C=O) groups is 1. The van der Waals surface area contributed by atoms with Crippen LogP contribution < -0.4 is 11.5 Å². The summed E-state index contributed by atoms with van der Waals surface area (Å²) in [6.07, 6.45) is 0.968. The zero-order valence-electron chi connectivity index (χ0n) is 8.21. The minimum atomic E-state index is -0.891. The Kier molecular flexibility index (Phi) is 6.11.